The smallest absolute Gasteiger partial charge is 0.309 e. The molecule has 0 fully saturated rings. The Morgan fingerprint density at radius 3 is 2.24 bits per heavy atom. The molecule has 0 aliphatic carbocycles. The first-order valence-electron chi connectivity index (χ1n) is 6.78. The summed E-state index contributed by atoms with van der Waals surface area (Å²) in [6.07, 6.45) is 4.41. The lowest BCUT2D eigenvalue weighted by Gasteiger charge is -2.29. The molecule has 17 heavy (non-hydrogen) atoms. The van der Waals surface area contributed by atoms with Gasteiger partial charge in [-0.15, -0.1) is 0 Å². The van der Waals surface area contributed by atoms with Crippen molar-refractivity contribution < 1.29 is 9.90 Å². The van der Waals surface area contributed by atoms with Crippen molar-refractivity contribution in [3.8, 4) is 0 Å². The molecular formula is C14H29NO2. The number of rotatable bonds is 9. The van der Waals surface area contributed by atoms with E-state index in [1.165, 1.54) is 19.3 Å². The highest BCUT2D eigenvalue weighted by Gasteiger charge is 2.27. The van der Waals surface area contributed by atoms with Gasteiger partial charge < -0.3 is 10.0 Å². The van der Waals surface area contributed by atoms with Crippen LogP contribution in [-0.2, 0) is 4.79 Å². The van der Waals surface area contributed by atoms with E-state index in [0.717, 1.165) is 13.1 Å². The lowest BCUT2D eigenvalue weighted by Crippen LogP contribution is -2.36. The van der Waals surface area contributed by atoms with Gasteiger partial charge in [0.2, 0.25) is 0 Å². The van der Waals surface area contributed by atoms with Crippen molar-refractivity contribution in [1.82, 2.24) is 4.90 Å². The normalized spacial score (nSPS) is 12.4. The fourth-order valence-electron chi connectivity index (χ4n) is 1.72. The van der Waals surface area contributed by atoms with Crippen LogP contribution in [0.25, 0.3) is 0 Å². The average molecular weight is 243 g/mol. The Morgan fingerprint density at radius 1 is 1.24 bits per heavy atom. The highest BCUT2D eigenvalue weighted by molar-refractivity contribution is 5.73. The summed E-state index contributed by atoms with van der Waals surface area (Å²) in [4.78, 5) is 13.4. The SMILES string of the molecule is CCCCCN(CCC(C)(C)C(=O)O)C(C)C. The van der Waals surface area contributed by atoms with Crippen molar-refractivity contribution in [2.75, 3.05) is 13.1 Å². The number of hydrogen-bond acceptors (Lipinski definition) is 2. The maximum Gasteiger partial charge on any atom is 0.309 e. The van der Waals surface area contributed by atoms with Gasteiger partial charge in [-0.2, -0.15) is 0 Å². The van der Waals surface area contributed by atoms with Crippen LogP contribution in [0.15, 0.2) is 0 Å². The van der Waals surface area contributed by atoms with Gasteiger partial charge in [-0.25, -0.2) is 0 Å². The summed E-state index contributed by atoms with van der Waals surface area (Å²) < 4.78 is 0. The van der Waals surface area contributed by atoms with Gasteiger partial charge in [0.05, 0.1) is 5.41 Å². The third kappa shape index (κ3) is 6.67. The topological polar surface area (TPSA) is 40.5 Å². The van der Waals surface area contributed by atoms with Crippen molar-refractivity contribution in [1.29, 1.82) is 0 Å². The standard InChI is InChI=1S/C14H29NO2/c1-6-7-8-10-15(12(2)3)11-9-14(4,5)13(16)17/h12H,6-11H2,1-5H3,(H,16,17). The summed E-state index contributed by atoms with van der Waals surface area (Å²) in [5, 5.41) is 9.09. The minimum absolute atomic E-state index is 0.497. The molecule has 0 unspecified atom stereocenters. The molecule has 0 saturated carbocycles. The second kappa shape index (κ2) is 7.70. The van der Waals surface area contributed by atoms with Crippen molar-refractivity contribution in [2.45, 2.75) is 66.3 Å². The monoisotopic (exact) mass is 243 g/mol. The fraction of sp³-hybridized carbons (Fsp3) is 0.929. The second-order valence-corrected chi connectivity index (χ2v) is 5.78. The lowest BCUT2D eigenvalue weighted by atomic mass is 9.89. The van der Waals surface area contributed by atoms with Gasteiger partial charge in [-0.1, -0.05) is 19.8 Å². The minimum Gasteiger partial charge on any atom is -0.481 e. The summed E-state index contributed by atoms with van der Waals surface area (Å²) >= 11 is 0. The van der Waals surface area contributed by atoms with Gasteiger partial charge in [-0.05, 0) is 53.6 Å². The largest absolute Gasteiger partial charge is 0.481 e. The van der Waals surface area contributed by atoms with E-state index in [1.807, 2.05) is 0 Å². The van der Waals surface area contributed by atoms with Crippen molar-refractivity contribution >= 4 is 5.97 Å². The van der Waals surface area contributed by atoms with E-state index in [1.54, 1.807) is 13.8 Å². The Balaban J connectivity index is 4.13. The van der Waals surface area contributed by atoms with E-state index in [2.05, 4.69) is 25.7 Å². The Morgan fingerprint density at radius 2 is 1.82 bits per heavy atom. The van der Waals surface area contributed by atoms with Crippen LogP contribution in [-0.4, -0.2) is 35.1 Å². The number of nitrogens with zero attached hydrogens (tertiary/aromatic N) is 1. The number of carbonyl (C=O) groups is 1. The maximum atomic E-state index is 11.0. The van der Waals surface area contributed by atoms with Crippen LogP contribution in [0.1, 0.15) is 60.3 Å². The minimum atomic E-state index is -0.699. The van der Waals surface area contributed by atoms with Gasteiger partial charge in [0, 0.05) is 6.04 Å². The quantitative estimate of drug-likeness (QED) is 0.631. The molecule has 0 spiro atoms. The van der Waals surface area contributed by atoms with Crippen molar-refractivity contribution in [3.63, 3.8) is 0 Å². The second-order valence-electron chi connectivity index (χ2n) is 5.78. The van der Waals surface area contributed by atoms with Crippen LogP contribution in [0.4, 0.5) is 0 Å². The molecular weight excluding hydrogens is 214 g/mol. The van der Waals surface area contributed by atoms with Gasteiger partial charge in [0.25, 0.3) is 0 Å². The zero-order valence-corrected chi connectivity index (χ0v) is 12.1. The number of carboxylic acids is 1. The molecule has 0 aliphatic heterocycles. The molecule has 0 bridgehead atoms. The molecule has 0 atom stereocenters. The Labute approximate surface area is 106 Å². The number of carboxylic acid groups (broad SMARTS) is 1. The zero-order chi connectivity index (χ0) is 13.5. The molecule has 0 rings (SSSR count). The van der Waals surface area contributed by atoms with E-state index < -0.39 is 11.4 Å². The molecule has 1 N–H and O–H groups in total. The van der Waals surface area contributed by atoms with Gasteiger partial charge in [0.15, 0.2) is 0 Å². The first kappa shape index (κ1) is 16.4. The first-order valence-corrected chi connectivity index (χ1v) is 6.78. The van der Waals surface area contributed by atoms with Crippen LogP contribution >= 0.6 is 0 Å². The summed E-state index contributed by atoms with van der Waals surface area (Å²) in [6.45, 7) is 12.1. The van der Waals surface area contributed by atoms with Crippen LogP contribution in [0.3, 0.4) is 0 Å². The van der Waals surface area contributed by atoms with Crippen molar-refractivity contribution in [3.05, 3.63) is 0 Å². The molecule has 0 heterocycles. The lowest BCUT2D eigenvalue weighted by molar-refractivity contribution is -0.147. The number of hydrogen-bond donors (Lipinski definition) is 1. The summed E-state index contributed by atoms with van der Waals surface area (Å²) in [7, 11) is 0. The molecule has 102 valence electrons. The summed E-state index contributed by atoms with van der Waals surface area (Å²) in [5.74, 6) is -0.699. The molecule has 0 aliphatic rings. The Hall–Kier alpha value is -0.570. The maximum absolute atomic E-state index is 11.0. The van der Waals surface area contributed by atoms with E-state index >= 15 is 0 Å². The van der Waals surface area contributed by atoms with Crippen molar-refractivity contribution in [2.24, 2.45) is 5.41 Å². The van der Waals surface area contributed by atoms with Crippen LogP contribution in [0, 0.1) is 5.41 Å². The number of aliphatic carboxylic acids is 1. The molecule has 0 aromatic heterocycles. The molecule has 0 radical (unpaired) electrons. The van der Waals surface area contributed by atoms with Gasteiger partial charge in [0.1, 0.15) is 0 Å². The molecule has 0 aromatic rings. The summed E-state index contributed by atoms with van der Waals surface area (Å²) in [5.41, 5.74) is -0.613. The molecule has 0 amide bonds. The first-order chi connectivity index (χ1) is 7.81. The zero-order valence-electron chi connectivity index (χ0n) is 12.1. The average Bonchev–Trinajstić information content (AvgIpc) is 2.22. The number of unbranched alkanes of at least 4 members (excludes halogenated alkanes) is 2. The van der Waals surface area contributed by atoms with Gasteiger partial charge in [-0.3, -0.25) is 4.79 Å². The molecule has 3 nitrogen and oxygen atoms in total. The summed E-state index contributed by atoms with van der Waals surface area (Å²) in [6, 6.07) is 0.497. The fourth-order valence-corrected chi connectivity index (χ4v) is 1.72. The predicted molar refractivity (Wildman–Crippen MR) is 72.3 cm³/mol. The van der Waals surface area contributed by atoms with E-state index in [9.17, 15) is 4.79 Å². The van der Waals surface area contributed by atoms with Crippen LogP contribution in [0.5, 0.6) is 0 Å². The van der Waals surface area contributed by atoms with E-state index in [-0.39, 0.29) is 0 Å². The molecule has 3 heteroatoms. The van der Waals surface area contributed by atoms with Gasteiger partial charge >= 0.3 is 5.97 Å². The van der Waals surface area contributed by atoms with E-state index in [4.69, 9.17) is 5.11 Å². The predicted octanol–water partition coefficient (Wildman–Crippen LogP) is 3.39. The molecule has 0 saturated heterocycles. The Bertz CT molecular complexity index is 224. The molecule has 0 aromatic carbocycles. The van der Waals surface area contributed by atoms with Crippen LogP contribution in [0.2, 0.25) is 0 Å². The highest BCUT2D eigenvalue weighted by atomic mass is 16.4. The Kier molecular flexibility index (Phi) is 7.44. The third-order valence-electron chi connectivity index (χ3n) is 3.38. The third-order valence-corrected chi connectivity index (χ3v) is 3.38. The van der Waals surface area contributed by atoms with Crippen LogP contribution < -0.4 is 0 Å². The highest BCUT2D eigenvalue weighted by Crippen LogP contribution is 2.21. The van der Waals surface area contributed by atoms with E-state index in [0.29, 0.717) is 12.5 Å².